The maximum Gasteiger partial charge on any atom is 0.256 e. The number of rotatable bonds is 5. The lowest BCUT2D eigenvalue weighted by molar-refractivity contribution is -0.110. The summed E-state index contributed by atoms with van der Waals surface area (Å²) < 4.78 is 12.3. The van der Waals surface area contributed by atoms with Gasteiger partial charge in [0.1, 0.15) is 6.61 Å². The number of nitrogens with one attached hydrogen (secondary N) is 1. The standard InChI is InChI=1S/C23H18BrNO3/c1-27-21-12-16(11-18-17-9-5-6-10-20(17)25-23(18)26)19(24)13-22(21)28-14-15-7-3-2-4-8-15/h2-13H,14H2,1H3,(H,25,26)/b18-11+. The molecule has 0 atom stereocenters. The molecule has 3 aromatic rings. The maximum atomic E-state index is 12.4. The van der Waals surface area contributed by atoms with Crippen LogP contribution in [0.15, 0.2) is 71.2 Å². The van der Waals surface area contributed by atoms with Crippen LogP contribution < -0.4 is 14.8 Å². The number of ether oxygens (including phenoxy) is 2. The van der Waals surface area contributed by atoms with Gasteiger partial charge in [-0.05, 0) is 35.4 Å². The van der Waals surface area contributed by atoms with E-state index in [0.29, 0.717) is 23.7 Å². The van der Waals surface area contributed by atoms with Crippen molar-refractivity contribution < 1.29 is 14.3 Å². The average molecular weight is 436 g/mol. The van der Waals surface area contributed by atoms with Crippen molar-refractivity contribution in [2.24, 2.45) is 0 Å². The van der Waals surface area contributed by atoms with Gasteiger partial charge in [0.05, 0.1) is 7.11 Å². The molecule has 140 valence electrons. The first kappa shape index (κ1) is 18.3. The second-order valence-electron chi connectivity index (χ2n) is 6.36. The smallest absolute Gasteiger partial charge is 0.256 e. The zero-order valence-electron chi connectivity index (χ0n) is 15.2. The summed E-state index contributed by atoms with van der Waals surface area (Å²) >= 11 is 3.59. The molecule has 0 radical (unpaired) electrons. The monoisotopic (exact) mass is 435 g/mol. The highest BCUT2D eigenvalue weighted by Crippen LogP contribution is 2.38. The molecule has 3 aromatic carbocycles. The number of para-hydroxylation sites is 1. The number of benzene rings is 3. The van der Waals surface area contributed by atoms with E-state index in [-0.39, 0.29) is 5.91 Å². The molecule has 0 saturated heterocycles. The molecule has 1 N–H and O–H groups in total. The van der Waals surface area contributed by atoms with Gasteiger partial charge in [0.2, 0.25) is 0 Å². The summed E-state index contributed by atoms with van der Waals surface area (Å²) in [4.78, 5) is 12.4. The van der Waals surface area contributed by atoms with E-state index in [9.17, 15) is 4.79 Å². The lowest BCUT2D eigenvalue weighted by Crippen LogP contribution is -2.03. The Bertz CT molecular complexity index is 1060. The first-order valence-corrected chi connectivity index (χ1v) is 9.61. The zero-order chi connectivity index (χ0) is 19.5. The number of methoxy groups -OCH3 is 1. The fourth-order valence-electron chi connectivity index (χ4n) is 3.11. The van der Waals surface area contributed by atoms with Gasteiger partial charge in [-0.3, -0.25) is 4.79 Å². The Morgan fingerprint density at radius 3 is 2.54 bits per heavy atom. The topological polar surface area (TPSA) is 47.6 Å². The number of carbonyl (C=O) groups excluding carboxylic acids is 1. The predicted octanol–water partition coefficient (Wildman–Crippen LogP) is 5.53. The molecule has 4 nitrogen and oxygen atoms in total. The van der Waals surface area contributed by atoms with Crippen molar-refractivity contribution in [3.8, 4) is 11.5 Å². The number of halogens is 1. The van der Waals surface area contributed by atoms with Crippen LogP contribution in [0.25, 0.3) is 11.6 Å². The van der Waals surface area contributed by atoms with E-state index in [0.717, 1.165) is 26.9 Å². The highest BCUT2D eigenvalue weighted by Gasteiger charge is 2.24. The van der Waals surface area contributed by atoms with E-state index in [1.807, 2.05) is 72.8 Å². The van der Waals surface area contributed by atoms with Gasteiger partial charge in [-0.2, -0.15) is 0 Å². The van der Waals surface area contributed by atoms with Crippen LogP contribution in [0.4, 0.5) is 5.69 Å². The molecule has 1 aliphatic heterocycles. The van der Waals surface area contributed by atoms with E-state index in [2.05, 4.69) is 21.2 Å². The SMILES string of the molecule is COc1cc(/C=C2/C(=O)Nc3ccccc32)c(Br)cc1OCc1ccccc1. The minimum Gasteiger partial charge on any atom is -0.493 e. The van der Waals surface area contributed by atoms with Crippen LogP contribution in [-0.2, 0) is 11.4 Å². The van der Waals surface area contributed by atoms with Crippen LogP contribution in [0.3, 0.4) is 0 Å². The molecule has 0 bridgehead atoms. The van der Waals surface area contributed by atoms with Crippen LogP contribution in [0.5, 0.6) is 11.5 Å². The third-order valence-electron chi connectivity index (χ3n) is 4.53. The predicted molar refractivity (Wildman–Crippen MR) is 114 cm³/mol. The van der Waals surface area contributed by atoms with Crippen molar-refractivity contribution in [3.05, 3.63) is 87.9 Å². The molecule has 0 aliphatic carbocycles. The fraction of sp³-hybridized carbons (Fsp3) is 0.0870. The Morgan fingerprint density at radius 2 is 1.75 bits per heavy atom. The van der Waals surface area contributed by atoms with Gasteiger partial charge in [0.25, 0.3) is 5.91 Å². The summed E-state index contributed by atoms with van der Waals surface area (Å²) in [6.45, 7) is 0.444. The Morgan fingerprint density at radius 1 is 1.00 bits per heavy atom. The fourth-order valence-corrected chi connectivity index (χ4v) is 3.54. The summed E-state index contributed by atoms with van der Waals surface area (Å²) in [7, 11) is 1.60. The summed E-state index contributed by atoms with van der Waals surface area (Å²) in [5.41, 5.74) is 4.25. The zero-order valence-corrected chi connectivity index (χ0v) is 16.8. The quantitative estimate of drug-likeness (QED) is 0.535. The van der Waals surface area contributed by atoms with Gasteiger partial charge in [0.15, 0.2) is 11.5 Å². The lowest BCUT2D eigenvalue weighted by Gasteiger charge is -2.13. The van der Waals surface area contributed by atoms with Crippen LogP contribution in [0.1, 0.15) is 16.7 Å². The van der Waals surface area contributed by atoms with Gasteiger partial charge in [0, 0.05) is 21.3 Å². The first-order valence-electron chi connectivity index (χ1n) is 8.82. The molecular weight excluding hydrogens is 418 g/mol. The lowest BCUT2D eigenvalue weighted by atomic mass is 10.0. The second kappa shape index (κ2) is 7.90. The third kappa shape index (κ3) is 3.66. The molecule has 1 aliphatic rings. The third-order valence-corrected chi connectivity index (χ3v) is 5.22. The van der Waals surface area contributed by atoms with Crippen molar-refractivity contribution >= 4 is 39.2 Å². The van der Waals surface area contributed by atoms with Crippen LogP contribution in [0.2, 0.25) is 0 Å². The Labute approximate surface area is 171 Å². The molecule has 4 rings (SSSR count). The van der Waals surface area contributed by atoms with Crippen molar-refractivity contribution in [1.29, 1.82) is 0 Å². The minimum absolute atomic E-state index is 0.114. The normalized spacial score (nSPS) is 13.9. The number of carbonyl (C=O) groups is 1. The summed E-state index contributed by atoms with van der Waals surface area (Å²) in [5.74, 6) is 1.13. The van der Waals surface area contributed by atoms with Crippen LogP contribution >= 0.6 is 15.9 Å². The van der Waals surface area contributed by atoms with Gasteiger partial charge < -0.3 is 14.8 Å². The molecular formula is C23H18BrNO3. The van der Waals surface area contributed by atoms with Crippen molar-refractivity contribution in [3.63, 3.8) is 0 Å². The minimum atomic E-state index is -0.114. The number of hydrogen-bond acceptors (Lipinski definition) is 3. The number of amides is 1. The summed E-state index contributed by atoms with van der Waals surface area (Å²) in [6.07, 6.45) is 1.86. The van der Waals surface area contributed by atoms with Gasteiger partial charge in [-0.15, -0.1) is 0 Å². The van der Waals surface area contributed by atoms with E-state index >= 15 is 0 Å². The van der Waals surface area contributed by atoms with Crippen molar-refractivity contribution in [2.45, 2.75) is 6.61 Å². The van der Waals surface area contributed by atoms with Gasteiger partial charge in [-0.1, -0.05) is 64.5 Å². The molecule has 1 heterocycles. The molecule has 1 amide bonds. The molecule has 28 heavy (non-hydrogen) atoms. The van der Waals surface area contributed by atoms with E-state index in [1.165, 1.54) is 0 Å². The van der Waals surface area contributed by atoms with Gasteiger partial charge in [-0.25, -0.2) is 0 Å². The van der Waals surface area contributed by atoms with E-state index in [4.69, 9.17) is 9.47 Å². The van der Waals surface area contributed by atoms with E-state index < -0.39 is 0 Å². The van der Waals surface area contributed by atoms with Crippen molar-refractivity contribution in [1.82, 2.24) is 0 Å². The molecule has 0 spiro atoms. The highest BCUT2D eigenvalue weighted by atomic mass is 79.9. The Balaban J connectivity index is 1.65. The maximum absolute atomic E-state index is 12.4. The second-order valence-corrected chi connectivity index (χ2v) is 7.21. The molecule has 0 aromatic heterocycles. The van der Waals surface area contributed by atoms with E-state index in [1.54, 1.807) is 7.11 Å². The Hall–Kier alpha value is -3.05. The highest BCUT2D eigenvalue weighted by molar-refractivity contribution is 9.10. The molecule has 0 fully saturated rings. The largest absolute Gasteiger partial charge is 0.493 e. The van der Waals surface area contributed by atoms with Crippen LogP contribution in [-0.4, -0.2) is 13.0 Å². The van der Waals surface area contributed by atoms with Crippen LogP contribution in [0, 0.1) is 0 Å². The number of anilines is 1. The summed E-state index contributed by atoms with van der Waals surface area (Å²) in [5, 5.41) is 2.89. The Kier molecular flexibility index (Phi) is 5.17. The number of fused-ring (bicyclic) bond motifs is 1. The van der Waals surface area contributed by atoms with Gasteiger partial charge >= 0.3 is 0 Å². The first-order chi connectivity index (χ1) is 13.7. The average Bonchev–Trinajstić information content (AvgIpc) is 3.04. The number of hydrogen-bond donors (Lipinski definition) is 1. The van der Waals surface area contributed by atoms with Crippen molar-refractivity contribution in [2.75, 3.05) is 12.4 Å². The molecule has 0 unspecified atom stereocenters. The summed E-state index contributed by atoms with van der Waals surface area (Å²) in [6, 6.07) is 21.3. The molecule has 5 heteroatoms. The molecule has 0 saturated carbocycles.